The second-order valence-electron chi connectivity index (χ2n) is 9.15. The van der Waals surface area contributed by atoms with Gasteiger partial charge in [0, 0.05) is 32.0 Å². The molecular weight excluding hydrogens is 404 g/mol. The topological polar surface area (TPSA) is 78.7 Å². The number of rotatable bonds is 6. The number of likely N-dealkylation sites (tertiary alicyclic amines) is 1. The average molecular weight is 439 g/mol. The SMILES string of the molecule is CN(CC(O)c1ccccc1)C(=O)CN1CCC(c2cc(=O)n3c(n2)CCCCC3)CC1. The number of fused-ring (bicyclic) bond motifs is 1. The summed E-state index contributed by atoms with van der Waals surface area (Å²) in [5.74, 6) is 1.24. The molecule has 1 saturated heterocycles. The van der Waals surface area contributed by atoms with E-state index in [1.54, 1.807) is 18.0 Å². The quantitative estimate of drug-likeness (QED) is 0.749. The third-order valence-electron chi connectivity index (χ3n) is 6.81. The number of aromatic nitrogens is 2. The summed E-state index contributed by atoms with van der Waals surface area (Å²) in [5, 5.41) is 10.4. The third kappa shape index (κ3) is 5.45. The van der Waals surface area contributed by atoms with Crippen LogP contribution in [-0.4, -0.2) is 63.6 Å². The van der Waals surface area contributed by atoms with Crippen molar-refractivity contribution in [3.63, 3.8) is 0 Å². The molecule has 2 aliphatic rings. The van der Waals surface area contributed by atoms with Crippen molar-refractivity contribution in [1.29, 1.82) is 0 Å². The van der Waals surface area contributed by atoms with Crippen LogP contribution < -0.4 is 5.56 Å². The second-order valence-corrected chi connectivity index (χ2v) is 9.15. The van der Waals surface area contributed by atoms with Crippen molar-refractivity contribution < 1.29 is 9.90 Å². The Hall–Kier alpha value is -2.51. The normalized spacial score (nSPS) is 18.6. The van der Waals surface area contributed by atoms with Crippen LogP contribution in [0.3, 0.4) is 0 Å². The lowest BCUT2D eigenvalue weighted by atomic mass is 9.93. The van der Waals surface area contributed by atoms with Crippen molar-refractivity contribution in [2.45, 2.75) is 57.1 Å². The first-order valence-corrected chi connectivity index (χ1v) is 11.8. The van der Waals surface area contributed by atoms with Crippen molar-refractivity contribution in [2.24, 2.45) is 0 Å². The Morgan fingerprint density at radius 1 is 1.16 bits per heavy atom. The Morgan fingerprint density at radius 2 is 1.91 bits per heavy atom. The molecule has 4 rings (SSSR count). The molecule has 2 aliphatic heterocycles. The molecule has 2 aromatic rings. The molecule has 1 aromatic heterocycles. The van der Waals surface area contributed by atoms with E-state index >= 15 is 0 Å². The zero-order chi connectivity index (χ0) is 22.5. The van der Waals surface area contributed by atoms with Gasteiger partial charge in [0.2, 0.25) is 5.91 Å². The summed E-state index contributed by atoms with van der Waals surface area (Å²) in [7, 11) is 1.74. The number of benzene rings is 1. The van der Waals surface area contributed by atoms with Gasteiger partial charge in [-0.05, 0) is 44.3 Å². The van der Waals surface area contributed by atoms with E-state index in [4.69, 9.17) is 4.98 Å². The monoisotopic (exact) mass is 438 g/mol. The summed E-state index contributed by atoms with van der Waals surface area (Å²) < 4.78 is 1.85. The molecule has 0 spiro atoms. The molecule has 0 radical (unpaired) electrons. The van der Waals surface area contributed by atoms with Gasteiger partial charge >= 0.3 is 0 Å². The first kappa shape index (κ1) is 22.7. The predicted molar refractivity (Wildman–Crippen MR) is 124 cm³/mol. The summed E-state index contributed by atoms with van der Waals surface area (Å²) in [5.41, 5.74) is 1.83. The smallest absolute Gasteiger partial charge is 0.253 e. The van der Waals surface area contributed by atoms with Crippen LogP contribution in [0.15, 0.2) is 41.2 Å². The van der Waals surface area contributed by atoms with E-state index in [1.807, 2.05) is 34.9 Å². The fraction of sp³-hybridized carbons (Fsp3) is 0.560. The highest BCUT2D eigenvalue weighted by atomic mass is 16.3. The molecule has 7 heteroatoms. The molecule has 1 unspecified atom stereocenters. The number of likely N-dealkylation sites (N-methyl/N-ethyl adjacent to an activating group) is 1. The van der Waals surface area contributed by atoms with Crippen molar-refractivity contribution in [3.05, 3.63) is 63.8 Å². The fourth-order valence-corrected chi connectivity index (χ4v) is 4.78. The van der Waals surface area contributed by atoms with Gasteiger partial charge in [-0.1, -0.05) is 36.8 Å². The average Bonchev–Trinajstić information content (AvgIpc) is 3.06. The Labute approximate surface area is 189 Å². The number of hydrogen-bond donors (Lipinski definition) is 1. The van der Waals surface area contributed by atoms with E-state index in [-0.39, 0.29) is 23.9 Å². The van der Waals surface area contributed by atoms with Gasteiger partial charge in [-0.25, -0.2) is 4.98 Å². The molecule has 32 heavy (non-hydrogen) atoms. The number of piperidine rings is 1. The molecule has 0 saturated carbocycles. The van der Waals surface area contributed by atoms with Crippen LogP contribution >= 0.6 is 0 Å². The number of amides is 1. The van der Waals surface area contributed by atoms with Crippen molar-refractivity contribution in [2.75, 3.05) is 33.2 Å². The van der Waals surface area contributed by atoms with E-state index in [0.29, 0.717) is 6.54 Å². The molecule has 0 bridgehead atoms. The highest BCUT2D eigenvalue weighted by Gasteiger charge is 2.26. The zero-order valence-electron chi connectivity index (χ0n) is 18.9. The maximum Gasteiger partial charge on any atom is 0.253 e. The molecule has 1 fully saturated rings. The minimum Gasteiger partial charge on any atom is -0.387 e. The lowest BCUT2D eigenvalue weighted by molar-refractivity contribution is -0.132. The summed E-state index contributed by atoms with van der Waals surface area (Å²) in [6, 6.07) is 11.2. The zero-order valence-corrected chi connectivity index (χ0v) is 18.9. The molecule has 1 amide bonds. The number of aliphatic hydroxyl groups excluding tert-OH is 1. The number of carbonyl (C=O) groups excluding carboxylic acids is 1. The van der Waals surface area contributed by atoms with E-state index in [1.165, 1.54) is 0 Å². The largest absolute Gasteiger partial charge is 0.387 e. The number of aryl methyl sites for hydroxylation is 1. The first-order chi connectivity index (χ1) is 15.5. The van der Waals surface area contributed by atoms with Gasteiger partial charge in [0.25, 0.3) is 5.56 Å². The van der Waals surface area contributed by atoms with Gasteiger partial charge in [-0.2, -0.15) is 0 Å². The second kappa shape index (κ2) is 10.4. The van der Waals surface area contributed by atoms with Gasteiger partial charge < -0.3 is 10.0 Å². The molecule has 172 valence electrons. The maximum atomic E-state index is 12.7. The predicted octanol–water partition coefficient (Wildman–Crippen LogP) is 2.34. The van der Waals surface area contributed by atoms with Crippen LogP contribution in [-0.2, 0) is 17.8 Å². The van der Waals surface area contributed by atoms with Crippen LogP contribution in [0.25, 0.3) is 0 Å². The summed E-state index contributed by atoms with van der Waals surface area (Å²) in [6.07, 6.45) is 5.31. The molecule has 1 N–H and O–H groups in total. The van der Waals surface area contributed by atoms with Crippen LogP contribution in [0.5, 0.6) is 0 Å². The molecule has 0 aliphatic carbocycles. The number of aliphatic hydroxyl groups is 1. The summed E-state index contributed by atoms with van der Waals surface area (Å²) >= 11 is 0. The molecular formula is C25H34N4O3. The van der Waals surface area contributed by atoms with Crippen molar-refractivity contribution in [3.8, 4) is 0 Å². The van der Waals surface area contributed by atoms with Gasteiger partial charge in [-0.3, -0.25) is 19.1 Å². The summed E-state index contributed by atoms with van der Waals surface area (Å²) in [6.45, 7) is 3.04. The minimum absolute atomic E-state index is 0.0137. The van der Waals surface area contributed by atoms with Gasteiger partial charge in [0.05, 0.1) is 24.9 Å². The van der Waals surface area contributed by atoms with Crippen LogP contribution in [0.4, 0.5) is 0 Å². The van der Waals surface area contributed by atoms with Gasteiger partial charge in [-0.15, -0.1) is 0 Å². The van der Waals surface area contributed by atoms with Crippen LogP contribution in [0, 0.1) is 0 Å². The molecule has 3 heterocycles. The maximum absolute atomic E-state index is 12.7. The Bertz CT molecular complexity index is 967. The third-order valence-corrected chi connectivity index (χ3v) is 6.81. The minimum atomic E-state index is -0.686. The van der Waals surface area contributed by atoms with E-state index in [0.717, 1.165) is 75.2 Å². The van der Waals surface area contributed by atoms with Gasteiger partial charge in [0.15, 0.2) is 0 Å². The first-order valence-electron chi connectivity index (χ1n) is 11.8. The molecule has 1 atom stereocenters. The summed E-state index contributed by atoms with van der Waals surface area (Å²) in [4.78, 5) is 33.9. The fourth-order valence-electron chi connectivity index (χ4n) is 4.78. The number of carbonyl (C=O) groups is 1. The van der Waals surface area contributed by atoms with Crippen LogP contribution in [0.2, 0.25) is 0 Å². The lowest BCUT2D eigenvalue weighted by Crippen LogP contribution is -2.43. The van der Waals surface area contributed by atoms with E-state index < -0.39 is 6.10 Å². The standard InChI is InChI=1S/C25H34N4O3/c1-27(17-22(30)20-8-4-2-5-9-20)25(32)18-28-14-11-19(12-15-28)21-16-24(31)29-13-7-3-6-10-23(29)26-21/h2,4-5,8-9,16,19,22,30H,3,6-7,10-15,17-18H2,1H3. The highest BCUT2D eigenvalue weighted by Crippen LogP contribution is 2.27. The van der Waals surface area contributed by atoms with Gasteiger partial charge in [0.1, 0.15) is 5.82 Å². The van der Waals surface area contributed by atoms with E-state index in [2.05, 4.69) is 4.90 Å². The number of hydrogen-bond acceptors (Lipinski definition) is 5. The van der Waals surface area contributed by atoms with Crippen molar-refractivity contribution >= 4 is 5.91 Å². The lowest BCUT2D eigenvalue weighted by Gasteiger charge is -2.32. The van der Waals surface area contributed by atoms with Crippen LogP contribution in [0.1, 0.15) is 61.2 Å². The number of nitrogens with zero attached hydrogens (tertiary/aromatic N) is 4. The Balaban J connectivity index is 1.29. The Morgan fingerprint density at radius 3 is 2.66 bits per heavy atom. The van der Waals surface area contributed by atoms with Crippen molar-refractivity contribution in [1.82, 2.24) is 19.4 Å². The highest BCUT2D eigenvalue weighted by molar-refractivity contribution is 5.78. The van der Waals surface area contributed by atoms with E-state index in [9.17, 15) is 14.7 Å². The molecule has 7 nitrogen and oxygen atoms in total. The Kier molecular flexibility index (Phi) is 7.37. The molecule has 1 aromatic carbocycles.